The van der Waals surface area contributed by atoms with Gasteiger partial charge < -0.3 is 31.5 Å². The second-order valence-electron chi connectivity index (χ2n) is 13.2. The average molecular weight is 569 g/mol. The standard InChI is InChI=1S/C31H40N2O8/c1-13(2)16-10-15(8-9-18(34)33-7)23(35)19-17(16)11-29(5)12-30(6)21(14(3)4)25(37)20(28(32)40)26(38)31(30,41)27(39)22(29)24(19)36/h10,13-14,20-22,25,27,35,37,39,41H,11-12H2,1-7H3,(H2,32,40)(H,33,34)/t20-,21+,22-,25?,27?,29-,30-,31+/m1/s1. The lowest BCUT2D eigenvalue weighted by molar-refractivity contribution is -0.265. The molecule has 2 amide bonds. The second kappa shape index (κ2) is 9.93. The lowest BCUT2D eigenvalue weighted by atomic mass is 9.39. The molecule has 8 atom stereocenters. The highest BCUT2D eigenvalue weighted by molar-refractivity contribution is 6.09. The highest BCUT2D eigenvalue weighted by Crippen LogP contribution is 2.66. The first-order valence-electron chi connectivity index (χ1n) is 14.0. The Bertz CT molecular complexity index is 1410. The molecule has 0 heterocycles. The normalized spacial score (nSPS) is 36.1. The summed E-state index contributed by atoms with van der Waals surface area (Å²) >= 11 is 0. The summed E-state index contributed by atoms with van der Waals surface area (Å²) in [5.41, 5.74) is 1.82. The van der Waals surface area contributed by atoms with Gasteiger partial charge in [0.2, 0.25) is 5.91 Å². The number of fused-ring (bicyclic) bond motifs is 3. The van der Waals surface area contributed by atoms with E-state index in [1.807, 2.05) is 13.8 Å². The molecule has 2 unspecified atom stereocenters. The Hall–Kier alpha value is -3.26. The van der Waals surface area contributed by atoms with Crippen molar-refractivity contribution < 1.29 is 39.6 Å². The number of amides is 2. The van der Waals surface area contributed by atoms with Gasteiger partial charge in [0.15, 0.2) is 17.2 Å². The summed E-state index contributed by atoms with van der Waals surface area (Å²) < 4.78 is 0. The summed E-state index contributed by atoms with van der Waals surface area (Å²) in [7, 11) is 1.41. The predicted octanol–water partition coefficient (Wildman–Crippen LogP) is 0.794. The van der Waals surface area contributed by atoms with Crippen LogP contribution in [0.25, 0.3) is 0 Å². The van der Waals surface area contributed by atoms with Crippen molar-refractivity contribution in [2.75, 3.05) is 7.05 Å². The second-order valence-corrected chi connectivity index (χ2v) is 13.2. The molecule has 7 N–H and O–H groups in total. The van der Waals surface area contributed by atoms with Crippen molar-refractivity contribution in [1.82, 2.24) is 5.32 Å². The number of nitrogens with one attached hydrogen (secondary N) is 1. The number of hydrogen-bond acceptors (Lipinski definition) is 8. The molecule has 41 heavy (non-hydrogen) atoms. The van der Waals surface area contributed by atoms with Crippen LogP contribution in [0.2, 0.25) is 0 Å². The van der Waals surface area contributed by atoms with Crippen LogP contribution in [0, 0.1) is 46.3 Å². The number of benzene rings is 1. The highest BCUT2D eigenvalue weighted by Gasteiger charge is 2.76. The Morgan fingerprint density at radius 3 is 2.27 bits per heavy atom. The summed E-state index contributed by atoms with van der Waals surface area (Å²) in [6.07, 6.45) is -3.16. The van der Waals surface area contributed by atoms with Crippen molar-refractivity contribution >= 4 is 23.4 Å². The third-order valence-corrected chi connectivity index (χ3v) is 9.98. The summed E-state index contributed by atoms with van der Waals surface area (Å²) in [4.78, 5) is 52.3. The smallest absolute Gasteiger partial charge is 0.295 e. The largest absolute Gasteiger partial charge is 0.506 e. The van der Waals surface area contributed by atoms with Crippen LogP contribution in [0.5, 0.6) is 5.75 Å². The number of aliphatic hydroxyl groups is 3. The number of aromatic hydroxyl groups is 1. The van der Waals surface area contributed by atoms with Crippen LogP contribution < -0.4 is 11.1 Å². The first-order valence-corrected chi connectivity index (χ1v) is 14.0. The minimum atomic E-state index is -2.58. The molecule has 3 aliphatic carbocycles. The van der Waals surface area contributed by atoms with Gasteiger partial charge >= 0.3 is 0 Å². The maximum atomic E-state index is 14.3. The SMILES string of the molecule is CNC(=O)C#Cc1cc(C(C)C)c2c(c1O)C(=O)[C@@H]1C(O)[C@@]3(O)C(=O)[C@H](C(N)=O)C(O)[C@H](C(C)C)[C@@]3(C)C[C@@]1(C)C2. The fourth-order valence-corrected chi connectivity index (χ4v) is 8.42. The Morgan fingerprint density at radius 1 is 1.15 bits per heavy atom. The number of primary amides is 1. The Labute approximate surface area is 239 Å². The van der Waals surface area contributed by atoms with E-state index in [-0.39, 0.29) is 35.8 Å². The summed E-state index contributed by atoms with van der Waals surface area (Å²) in [6.45, 7) is 10.9. The van der Waals surface area contributed by atoms with E-state index in [1.165, 1.54) is 7.05 Å². The lowest BCUT2D eigenvalue weighted by Gasteiger charge is -2.66. The van der Waals surface area contributed by atoms with E-state index in [1.54, 1.807) is 33.8 Å². The van der Waals surface area contributed by atoms with Gasteiger partial charge in [-0.25, -0.2) is 0 Å². The number of rotatable bonds is 3. The van der Waals surface area contributed by atoms with Crippen molar-refractivity contribution in [3.63, 3.8) is 0 Å². The van der Waals surface area contributed by atoms with Gasteiger partial charge in [-0.15, -0.1) is 0 Å². The number of hydrogen-bond donors (Lipinski definition) is 6. The number of carbonyl (C=O) groups is 4. The van der Waals surface area contributed by atoms with Gasteiger partial charge in [0.25, 0.3) is 5.91 Å². The zero-order valence-electron chi connectivity index (χ0n) is 24.5. The fraction of sp³-hybridized carbons (Fsp3) is 0.613. The zero-order chi connectivity index (χ0) is 31.0. The number of aliphatic hydroxyl groups excluding tert-OH is 2. The molecule has 4 rings (SSSR count). The van der Waals surface area contributed by atoms with Crippen LogP contribution in [0.4, 0.5) is 0 Å². The van der Waals surface area contributed by atoms with Crippen molar-refractivity contribution in [1.29, 1.82) is 0 Å². The molecule has 2 fully saturated rings. The van der Waals surface area contributed by atoms with E-state index in [0.29, 0.717) is 5.56 Å². The third kappa shape index (κ3) is 4.12. The van der Waals surface area contributed by atoms with Gasteiger partial charge in [-0.1, -0.05) is 47.5 Å². The molecule has 222 valence electrons. The van der Waals surface area contributed by atoms with Crippen LogP contribution in [0.3, 0.4) is 0 Å². The lowest BCUT2D eigenvalue weighted by Crippen LogP contribution is -2.79. The maximum Gasteiger partial charge on any atom is 0.295 e. The Balaban J connectivity index is 1.99. The average Bonchev–Trinajstić information content (AvgIpc) is 2.84. The maximum absolute atomic E-state index is 14.3. The number of Topliss-reactive ketones (excluding diaryl/α,β-unsaturated/α-hetero) is 2. The highest BCUT2D eigenvalue weighted by atomic mass is 16.4. The van der Waals surface area contributed by atoms with Gasteiger partial charge in [0, 0.05) is 18.4 Å². The Morgan fingerprint density at radius 2 is 1.76 bits per heavy atom. The molecule has 0 radical (unpaired) electrons. The van der Waals surface area contributed by atoms with E-state index in [9.17, 15) is 39.6 Å². The molecule has 0 aliphatic heterocycles. The van der Waals surface area contributed by atoms with Crippen molar-refractivity contribution in [3.05, 3.63) is 28.3 Å². The monoisotopic (exact) mass is 568 g/mol. The molecule has 10 nitrogen and oxygen atoms in total. The number of carbonyl (C=O) groups excluding carboxylic acids is 4. The molecule has 10 heteroatoms. The molecular weight excluding hydrogens is 528 g/mol. The van der Waals surface area contributed by atoms with Crippen LogP contribution in [0.15, 0.2) is 6.07 Å². The minimum Gasteiger partial charge on any atom is -0.506 e. The predicted molar refractivity (Wildman–Crippen MR) is 148 cm³/mol. The van der Waals surface area contributed by atoms with Gasteiger partial charge in [0.1, 0.15) is 17.8 Å². The van der Waals surface area contributed by atoms with Crippen LogP contribution in [-0.4, -0.2) is 68.7 Å². The molecular formula is C31H40N2O8. The van der Waals surface area contributed by atoms with Crippen molar-refractivity contribution in [3.8, 4) is 17.6 Å². The van der Waals surface area contributed by atoms with E-state index >= 15 is 0 Å². The van der Waals surface area contributed by atoms with E-state index < -0.39 is 75.5 Å². The van der Waals surface area contributed by atoms with Crippen LogP contribution in [0.1, 0.15) is 80.9 Å². The molecule has 1 aromatic rings. The molecule has 0 spiro atoms. The zero-order valence-corrected chi connectivity index (χ0v) is 24.5. The summed E-state index contributed by atoms with van der Waals surface area (Å²) in [6, 6.07) is 1.66. The molecule has 0 saturated heterocycles. The summed E-state index contributed by atoms with van der Waals surface area (Å²) in [5, 5.41) is 49.0. The van der Waals surface area contributed by atoms with Gasteiger partial charge in [-0.3, -0.25) is 19.2 Å². The number of nitrogens with two attached hydrogens (primary N) is 1. The van der Waals surface area contributed by atoms with Gasteiger partial charge in [-0.2, -0.15) is 0 Å². The number of phenolic OH excluding ortho intramolecular Hbond substituents is 1. The first kappa shape index (κ1) is 30.7. The molecule has 2 saturated carbocycles. The van der Waals surface area contributed by atoms with Crippen LogP contribution >= 0.6 is 0 Å². The molecule has 3 aliphatic rings. The fourth-order valence-electron chi connectivity index (χ4n) is 8.42. The first-order chi connectivity index (χ1) is 18.9. The molecule has 0 aromatic heterocycles. The molecule has 1 aromatic carbocycles. The van der Waals surface area contributed by atoms with Crippen molar-refractivity contribution in [2.24, 2.45) is 40.2 Å². The molecule has 0 bridgehead atoms. The van der Waals surface area contributed by atoms with Crippen molar-refractivity contribution in [2.45, 2.75) is 78.1 Å². The van der Waals surface area contributed by atoms with Gasteiger partial charge in [-0.05, 0) is 53.2 Å². The van der Waals surface area contributed by atoms with Crippen LogP contribution in [-0.2, 0) is 20.8 Å². The minimum absolute atomic E-state index is 0.0624. The topological polar surface area (TPSA) is 187 Å². The summed E-state index contributed by atoms with van der Waals surface area (Å²) in [5.74, 6) is -3.28. The van der Waals surface area contributed by atoms with E-state index in [0.717, 1.165) is 5.56 Å². The number of ketones is 2. The quantitative estimate of drug-likeness (QED) is 0.228. The third-order valence-electron chi connectivity index (χ3n) is 9.98. The van der Waals surface area contributed by atoms with E-state index in [4.69, 9.17) is 5.73 Å². The Kier molecular flexibility index (Phi) is 7.44. The number of phenols is 1. The van der Waals surface area contributed by atoms with Gasteiger partial charge in [0.05, 0.1) is 23.1 Å². The van der Waals surface area contributed by atoms with E-state index in [2.05, 4.69) is 17.2 Å².